The zero-order chi connectivity index (χ0) is 6.97. The van der Waals surface area contributed by atoms with Crippen LogP contribution >= 0.6 is 22.9 Å². The van der Waals surface area contributed by atoms with Crippen LogP contribution in [0.2, 0.25) is 0 Å². The second-order valence-corrected chi connectivity index (χ2v) is 4.23. The summed E-state index contributed by atoms with van der Waals surface area (Å²) >= 11 is 2.45. The van der Waals surface area contributed by atoms with Crippen molar-refractivity contribution < 1.29 is 4.74 Å². The first-order valence-corrected chi connectivity index (χ1v) is 4.86. The van der Waals surface area contributed by atoms with Crippen molar-refractivity contribution in [3.63, 3.8) is 0 Å². The minimum atomic E-state index is 0.716. The van der Waals surface area contributed by atoms with Crippen LogP contribution in [0.15, 0.2) is 0 Å². The Labute approximate surface area is 75.4 Å². The number of nitrogens with zero attached hydrogens (tertiary/aromatic N) is 1. The largest absolute Gasteiger partial charge is 0.378 e. The van der Waals surface area contributed by atoms with Crippen molar-refractivity contribution in [3.8, 4) is 0 Å². The Bertz CT molecular complexity index is 109. The van der Waals surface area contributed by atoms with E-state index in [-0.39, 0.29) is 0 Å². The molecule has 10 heavy (non-hydrogen) atoms. The molecule has 2 heterocycles. The fraction of sp³-hybridized carbons (Fsp3) is 1.00. The molecular formula is C7H12INO. The number of halogens is 1. The van der Waals surface area contributed by atoms with E-state index in [0.717, 1.165) is 13.2 Å². The maximum absolute atomic E-state index is 5.46. The first-order chi connectivity index (χ1) is 4.88. The lowest BCUT2D eigenvalue weighted by Crippen LogP contribution is -2.49. The second kappa shape index (κ2) is 2.95. The normalized spacial score (nSPS) is 41.7. The van der Waals surface area contributed by atoms with E-state index in [4.69, 9.17) is 4.74 Å². The van der Waals surface area contributed by atoms with Crippen LogP contribution in [0.1, 0.15) is 19.3 Å². The molecule has 2 unspecified atom stereocenters. The Balaban J connectivity index is 2.05. The summed E-state index contributed by atoms with van der Waals surface area (Å²) in [5, 5.41) is 0. The highest BCUT2D eigenvalue weighted by atomic mass is 127. The van der Waals surface area contributed by atoms with Gasteiger partial charge in [0.2, 0.25) is 0 Å². The number of morpholine rings is 1. The van der Waals surface area contributed by atoms with Crippen molar-refractivity contribution in [2.45, 2.75) is 31.3 Å². The third-order valence-corrected chi connectivity index (χ3v) is 3.97. The van der Waals surface area contributed by atoms with E-state index in [1.54, 1.807) is 0 Å². The van der Waals surface area contributed by atoms with Crippen molar-refractivity contribution >= 4 is 22.9 Å². The van der Waals surface area contributed by atoms with Crippen LogP contribution in [0.5, 0.6) is 0 Å². The molecule has 2 bridgehead atoms. The molecular weight excluding hydrogens is 241 g/mol. The topological polar surface area (TPSA) is 12.5 Å². The van der Waals surface area contributed by atoms with Gasteiger partial charge in [0.1, 0.15) is 0 Å². The third-order valence-electron chi connectivity index (χ3n) is 2.39. The van der Waals surface area contributed by atoms with E-state index in [1.807, 2.05) is 0 Å². The van der Waals surface area contributed by atoms with E-state index >= 15 is 0 Å². The average Bonchev–Trinajstić information content (AvgIpc) is 1.86. The van der Waals surface area contributed by atoms with Gasteiger partial charge >= 0.3 is 0 Å². The summed E-state index contributed by atoms with van der Waals surface area (Å²) in [6.45, 7) is 1.92. The molecule has 2 nitrogen and oxygen atoms in total. The molecule has 0 radical (unpaired) electrons. The predicted octanol–water partition coefficient (Wildman–Crippen LogP) is 1.59. The monoisotopic (exact) mass is 253 g/mol. The molecule has 0 amide bonds. The van der Waals surface area contributed by atoms with Crippen molar-refractivity contribution in [2.75, 3.05) is 13.2 Å². The number of hydrogen-bond donors (Lipinski definition) is 0. The van der Waals surface area contributed by atoms with Gasteiger partial charge in [-0.2, -0.15) is 0 Å². The molecule has 2 fully saturated rings. The Kier molecular flexibility index (Phi) is 2.15. The van der Waals surface area contributed by atoms with Crippen LogP contribution in [0.25, 0.3) is 0 Å². The molecule has 0 saturated carbocycles. The number of piperidine rings is 1. The van der Waals surface area contributed by atoms with Gasteiger partial charge < -0.3 is 4.74 Å². The van der Waals surface area contributed by atoms with Crippen LogP contribution in [-0.4, -0.2) is 28.4 Å². The fourth-order valence-corrected chi connectivity index (χ4v) is 2.66. The van der Waals surface area contributed by atoms with E-state index in [0.29, 0.717) is 12.1 Å². The van der Waals surface area contributed by atoms with Crippen LogP contribution in [0.4, 0.5) is 0 Å². The Morgan fingerprint density at radius 2 is 1.80 bits per heavy atom. The SMILES string of the molecule is IN1C2CCCC1COC2. The molecule has 0 aromatic heterocycles. The lowest BCUT2D eigenvalue weighted by Gasteiger charge is -2.41. The zero-order valence-corrected chi connectivity index (χ0v) is 8.08. The molecule has 2 rings (SSSR count). The molecule has 3 heteroatoms. The lowest BCUT2D eigenvalue weighted by molar-refractivity contribution is -0.0157. The molecule has 0 aliphatic carbocycles. The van der Waals surface area contributed by atoms with Crippen LogP contribution in [0, 0.1) is 0 Å². The van der Waals surface area contributed by atoms with Crippen molar-refractivity contribution in [3.05, 3.63) is 0 Å². The minimum absolute atomic E-state index is 0.716. The molecule has 0 spiro atoms. The summed E-state index contributed by atoms with van der Waals surface area (Å²) in [4.78, 5) is 0. The summed E-state index contributed by atoms with van der Waals surface area (Å²) in [6.07, 6.45) is 4.07. The van der Waals surface area contributed by atoms with Crippen LogP contribution in [-0.2, 0) is 4.74 Å². The summed E-state index contributed by atoms with van der Waals surface area (Å²) in [5.74, 6) is 0. The Morgan fingerprint density at radius 3 is 2.30 bits per heavy atom. The predicted molar refractivity (Wildman–Crippen MR) is 48.1 cm³/mol. The third kappa shape index (κ3) is 1.19. The number of ether oxygens (including phenoxy) is 1. The lowest BCUT2D eigenvalue weighted by atomic mass is 9.98. The highest BCUT2D eigenvalue weighted by Crippen LogP contribution is 2.29. The van der Waals surface area contributed by atoms with E-state index in [1.165, 1.54) is 19.3 Å². The number of hydrogen-bond acceptors (Lipinski definition) is 2. The van der Waals surface area contributed by atoms with Crippen LogP contribution in [0.3, 0.4) is 0 Å². The van der Waals surface area contributed by atoms with Gasteiger partial charge in [-0.3, -0.25) is 0 Å². The van der Waals surface area contributed by atoms with Gasteiger partial charge in [-0.1, -0.05) is 6.42 Å². The van der Waals surface area contributed by atoms with Gasteiger partial charge in [0, 0.05) is 34.9 Å². The fourth-order valence-electron chi connectivity index (χ4n) is 1.78. The summed E-state index contributed by atoms with van der Waals surface area (Å²) < 4.78 is 7.92. The molecule has 2 atom stereocenters. The summed E-state index contributed by atoms with van der Waals surface area (Å²) in [6, 6.07) is 1.43. The van der Waals surface area contributed by atoms with Crippen molar-refractivity contribution in [1.82, 2.24) is 3.11 Å². The first kappa shape index (κ1) is 7.31. The van der Waals surface area contributed by atoms with Gasteiger partial charge in [0.15, 0.2) is 0 Å². The molecule has 2 aliphatic rings. The molecule has 0 N–H and O–H groups in total. The maximum atomic E-state index is 5.46. The van der Waals surface area contributed by atoms with Gasteiger partial charge in [-0.25, -0.2) is 3.11 Å². The average molecular weight is 253 g/mol. The quantitative estimate of drug-likeness (QED) is 0.480. The van der Waals surface area contributed by atoms with Gasteiger partial charge in [-0.05, 0) is 12.8 Å². The smallest absolute Gasteiger partial charge is 0.0630 e. The van der Waals surface area contributed by atoms with Gasteiger partial charge in [0.05, 0.1) is 13.2 Å². The minimum Gasteiger partial charge on any atom is -0.378 e. The van der Waals surface area contributed by atoms with Crippen molar-refractivity contribution in [2.24, 2.45) is 0 Å². The van der Waals surface area contributed by atoms with Crippen molar-refractivity contribution in [1.29, 1.82) is 0 Å². The standard InChI is InChI=1S/C7H12INO/c8-9-6-2-1-3-7(9)5-10-4-6/h6-7H,1-5H2. The summed E-state index contributed by atoms with van der Waals surface area (Å²) in [7, 11) is 0. The molecule has 0 aromatic rings. The van der Waals surface area contributed by atoms with Gasteiger partial charge in [0.25, 0.3) is 0 Å². The molecule has 0 aromatic carbocycles. The number of fused-ring (bicyclic) bond motifs is 2. The maximum Gasteiger partial charge on any atom is 0.0630 e. The first-order valence-electron chi connectivity index (χ1n) is 3.90. The van der Waals surface area contributed by atoms with Crippen LogP contribution < -0.4 is 0 Å². The highest BCUT2D eigenvalue weighted by molar-refractivity contribution is 14.1. The summed E-state index contributed by atoms with van der Waals surface area (Å²) in [5.41, 5.74) is 0. The molecule has 2 saturated heterocycles. The zero-order valence-electron chi connectivity index (χ0n) is 5.92. The Hall–Kier alpha value is 0.650. The highest BCUT2D eigenvalue weighted by Gasteiger charge is 2.32. The van der Waals surface area contributed by atoms with Gasteiger partial charge in [-0.15, -0.1) is 0 Å². The number of rotatable bonds is 0. The van der Waals surface area contributed by atoms with E-state index < -0.39 is 0 Å². The van der Waals surface area contributed by atoms with E-state index in [9.17, 15) is 0 Å². The Morgan fingerprint density at radius 1 is 1.20 bits per heavy atom. The molecule has 58 valence electrons. The molecule has 2 aliphatic heterocycles. The second-order valence-electron chi connectivity index (χ2n) is 3.12. The van der Waals surface area contributed by atoms with E-state index in [2.05, 4.69) is 26.0 Å².